The van der Waals surface area contributed by atoms with E-state index in [-0.39, 0.29) is 16.5 Å². The number of aliphatic hydroxyl groups excluding tert-OH is 1. The molecule has 0 saturated heterocycles. The van der Waals surface area contributed by atoms with Crippen LogP contribution >= 0.6 is 0 Å². The number of nitrogens with one attached hydrogen (secondary N) is 1. The fourth-order valence-electron chi connectivity index (χ4n) is 1.71. The summed E-state index contributed by atoms with van der Waals surface area (Å²) < 4.78 is 36.5. The molecule has 1 rings (SSSR count). The van der Waals surface area contributed by atoms with Gasteiger partial charge in [-0.25, -0.2) is 22.6 Å². The molecule has 0 aromatic heterocycles. The predicted octanol–water partition coefficient (Wildman–Crippen LogP) is 0.830. The number of carbonyl (C=O) groups is 1. The molecule has 1 aromatic rings. The minimum Gasteiger partial charge on any atom is -0.511 e. The summed E-state index contributed by atoms with van der Waals surface area (Å²) in [6.45, 7) is 7.69. The Hall–Kier alpha value is -2.22. The minimum atomic E-state index is -4.09. The molecule has 0 atom stereocenters. The van der Waals surface area contributed by atoms with Crippen molar-refractivity contribution in [1.29, 1.82) is 0 Å². The quantitative estimate of drug-likeness (QED) is 0.314. The van der Waals surface area contributed by atoms with E-state index in [1.54, 1.807) is 20.8 Å². The average molecular weight is 371 g/mol. The number of aliphatic hydroxyl groups is 1. The normalized spacial score (nSPS) is 14.5. The monoisotopic (exact) mass is 371 g/mol. The molecule has 0 unspecified atom stereocenters. The highest BCUT2D eigenvalue weighted by molar-refractivity contribution is 7.93. The van der Waals surface area contributed by atoms with Crippen LogP contribution in [0.5, 0.6) is 0 Å². The van der Waals surface area contributed by atoms with E-state index in [0.29, 0.717) is 0 Å². The third-order valence-electron chi connectivity index (χ3n) is 3.66. The van der Waals surface area contributed by atoms with Crippen LogP contribution in [0.3, 0.4) is 0 Å². The van der Waals surface area contributed by atoms with Crippen LogP contribution in [0.2, 0.25) is 0 Å². The largest absolute Gasteiger partial charge is 0.511 e. The summed E-state index contributed by atoms with van der Waals surface area (Å²) in [5.74, 6) is -1.70. The summed E-state index contributed by atoms with van der Waals surface area (Å²) in [4.78, 5) is 14.5. The SMILES string of the molecule is CC(C)(C)/C(O)=C/C(N)=[NH+]C(=O)C(C)(C)S(=O)(=O)c1ccc(F)cc1. The molecule has 6 nitrogen and oxygen atoms in total. The molecule has 0 aliphatic heterocycles. The summed E-state index contributed by atoms with van der Waals surface area (Å²) in [7, 11) is -4.09. The van der Waals surface area contributed by atoms with Crippen LogP contribution in [0.15, 0.2) is 41.0 Å². The Morgan fingerprint density at radius 1 is 1.16 bits per heavy atom. The lowest BCUT2D eigenvalue weighted by atomic mass is 9.93. The molecule has 0 heterocycles. The van der Waals surface area contributed by atoms with Gasteiger partial charge in [0.05, 0.1) is 11.0 Å². The number of allylic oxidation sites excluding steroid dienone is 1. The molecule has 25 heavy (non-hydrogen) atoms. The molecule has 0 aliphatic carbocycles. The second-order valence-electron chi connectivity index (χ2n) is 7.16. The summed E-state index contributed by atoms with van der Waals surface area (Å²) in [5, 5.41) is 9.89. The van der Waals surface area contributed by atoms with Gasteiger partial charge in [-0.2, -0.15) is 0 Å². The molecule has 0 bridgehead atoms. The number of hydrogen-bond donors (Lipinski definition) is 3. The first-order valence-corrected chi connectivity index (χ1v) is 9.03. The van der Waals surface area contributed by atoms with E-state index in [1.165, 1.54) is 19.9 Å². The molecule has 0 radical (unpaired) electrons. The summed E-state index contributed by atoms with van der Waals surface area (Å²) in [5.41, 5.74) is 5.10. The number of sulfone groups is 1. The van der Waals surface area contributed by atoms with Crippen molar-refractivity contribution in [3.63, 3.8) is 0 Å². The van der Waals surface area contributed by atoms with Crippen LogP contribution in [0.4, 0.5) is 4.39 Å². The fraction of sp³-hybridized carbons (Fsp3) is 0.412. The van der Waals surface area contributed by atoms with Gasteiger partial charge in [0.25, 0.3) is 5.84 Å². The molecule has 0 aliphatic rings. The van der Waals surface area contributed by atoms with Crippen molar-refractivity contribution in [2.24, 2.45) is 11.1 Å². The Morgan fingerprint density at radius 2 is 1.64 bits per heavy atom. The lowest BCUT2D eigenvalue weighted by molar-refractivity contribution is -0.380. The fourth-order valence-corrected chi connectivity index (χ4v) is 3.09. The molecule has 138 valence electrons. The van der Waals surface area contributed by atoms with Gasteiger partial charge in [0, 0.05) is 5.41 Å². The molecule has 0 saturated carbocycles. The Kier molecular flexibility index (Phi) is 5.79. The molecular formula is C17H24FN2O4S+. The molecule has 4 N–H and O–H groups in total. The zero-order chi connectivity index (χ0) is 19.6. The molecule has 8 heteroatoms. The minimum absolute atomic E-state index is 0.0653. The number of rotatable bonds is 4. The van der Waals surface area contributed by atoms with Crippen LogP contribution < -0.4 is 10.7 Å². The number of hydrogen-bond acceptors (Lipinski definition) is 4. The third kappa shape index (κ3) is 4.66. The smallest absolute Gasteiger partial charge is 0.328 e. The van der Waals surface area contributed by atoms with E-state index in [1.807, 2.05) is 0 Å². The first kappa shape index (κ1) is 20.8. The van der Waals surface area contributed by atoms with Crippen molar-refractivity contribution in [3.8, 4) is 0 Å². The molecular weight excluding hydrogens is 347 g/mol. The van der Waals surface area contributed by atoms with E-state index < -0.39 is 31.7 Å². The highest BCUT2D eigenvalue weighted by Crippen LogP contribution is 2.25. The lowest BCUT2D eigenvalue weighted by Gasteiger charge is -2.20. The molecule has 0 fully saturated rings. The number of amidine groups is 1. The first-order chi connectivity index (χ1) is 11.2. The zero-order valence-corrected chi connectivity index (χ0v) is 15.7. The standard InChI is InChI=1S/C17H23FN2O4S/c1-16(2,3)13(21)10-14(19)20-15(22)17(4,5)25(23,24)12-8-6-11(18)7-9-12/h6-10,21H,1-5H3,(H2,19,20,22)/p+1/b13-10-. The van der Waals surface area contributed by atoms with Crippen LogP contribution in [0, 0.1) is 11.2 Å². The maximum atomic E-state index is 13.0. The number of carbonyl (C=O) groups excluding carboxylic acids is 1. The van der Waals surface area contributed by atoms with Gasteiger partial charge in [-0.05, 0) is 38.1 Å². The maximum absolute atomic E-state index is 13.0. The van der Waals surface area contributed by atoms with Gasteiger partial charge >= 0.3 is 5.91 Å². The van der Waals surface area contributed by atoms with Gasteiger partial charge in [0.15, 0.2) is 14.6 Å². The van der Waals surface area contributed by atoms with Gasteiger partial charge < -0.3 is 5.11 Å². The Labute approximate surface area is 147 Å². The van der Waals surface area contributed by atoms with E-state index in [2.05, 4.69) is 4.99 Å². The van der Waals surface area contributed by atoms with Crippen LogP contribution in [0.1, 0.15) is 34.6 Å². The molecule has 1 aromatic carbocycles. The van der Waals surface area contributed by atoms with Gasteiger partial charge in [-0.3, -0.25) is 5.73 Å². The summed E-state index contributed by atoms with van der Waals surface area (Å²) in [6, 6.07) is 4.20. The molecule has 0 spiro atoms. The van der Waals surface area contributed by atoms with Crippen molar-refractivity contribution in [1.82, 2.24) is 0 Å². The first-order valence-electron chi connectivity index (χ1n) is 7.55. The Balaban J connectivity index is 3.22. The Bertz CT molecular complexity index is 817. The van der Waals surface area contributed by atoms with Crippen molar-refractivity contribution < 1.29 is 27.7 Å². The predicted molar refractivity (Wildman–Crippen MR) is 93.0 cm³/mol. The van der Waals surface area contributed by atoms with Crippen molar-refractivity contribution in [2.45, 2.75) is 44.3 Å². The van der Waals surface area contributed by atoms with Gasteiger partial charge in [0.1, 0.15) is 11.6 Å². The number of halogens is 1. The van der Waals surface area contributed by atoms with Gasteiger partial charge in [-0.15, -0.1) is 0 Å². The summed E-state index contributed by atoms with van der Waals surface area (Å²) in [6.07, 6.45) is 1.17. The van der Waals surface area contributed by atoms with Crippen molar-refractivity contribution in [3.05, 3.63) is 41.9 Å². The van der Waals surface area contributed by atoms with Gasteiger partial charge in [-0.1, -0.05) is 20.8 Å². The van der Waals surface area contributed by atoms with E-state index >= 15 is 0 Å². The van der Waals surface area contributed by atoms with E-state index in [9.17, 15) is 22.7 Å². The van der Waals surface area contributed by atoms with Crippen molar-refractivity contribution in [2.75, 3.05) is 0 Å². The highest BCUT2D eigenvalue weighted by Gasteiger charge is 2.44. The topological polar surface area (TPSA) is 111 Å². The summed E-state index contributed by atoms with van der Waals surface area (Å²) >= 11 is 0. The maximum Gasteiger partial charge on any atom is 0.328 e. The second kappa shape index (κ2) is 6.95. The van der Waals surface area contributed by atoms with E-state index in [0.717, 1.165) is 24.3 Å². The van der Waals surface area contributed by atoms with Crippen molar-refractivity contribution >= 4 is 21.6 Å². The van der Waals surface area contributed by atoms with E-state index in [4.69, 9.17) is 5.73 Å². The van der Waals surface area contributed by atoms with Crippen LogP contribution in [-0.4, -0.2) is 30.0 Å². The van der Waals surface area contributed by atoms with Gasteiger partial charge in [0.2, 0.25) is 0 Å². The van der Waals surface area contributed by atoms with Crippen LogP contribution in [0.25, 0.3) is 0 Å². The molecule has 1 amide bonds. The highest BCUT2D eigenvalue weighted by atomic mass is 32.2. The number of benzene rings is 1. The zero-order valence-electron chi connectivity index (χ0n) is 14.9. The number of nitrogens with two attached hydrogens (primary N) is 1. The van der Waals surface area contributed by atoms with Crippen LogP contribution in [-0.2, 0) is 14.6 Å². The lowest BCUT2D eigenvalue weighted by Crippen LogP contribution is -2.84. The third-order valence-corrected chi connectivity index (χ3v) is 6.08. The average Bonchev–Trinajstić information content (AvgIpc) is 2.46. The second-order valence-corrected chi connectivity index (χ2v) is 9.66. The number of amides is 1. The Morgan fingerprint density at radius 3 is 2.08 bits per heavy atom.